The molecule has 210 valence electrons. The van der Waals surface area contributed by atoms with Crippen molar-refractivity contribution in [2.75, 3.05) is 6.61 Å². The van der Waals surface area contributed by atoms with E-state index in [9.17, 15) is 9.59 Å². The quantitative estimate of drug-likeness (QED) is 0.117. The van der Waals surface area contributed by atoms with Crippen molar-refractivity contribution in [3.63, 3.8) is 0 Å². The minimum absolute atomic E-state index is 0.182. The van der Waals surface area contributed by atoms with Gasteiger partial charge in [0.25, 0.3) is 0 Å². The van der Waals surface area contributed by atoms with E-state index in [-0.39, 0.29) is 30.1 Å². The first kappa shape index (κ1) is 31.4. The molecule has 0 fully saturated rings. The number of esters is 2. The van der Waals surface area contributed by atoms with Crippen LogP contribution in [0.2, 0.25) is 0 Å². The summed E-state index contributed by atoms with van der Waals surface area (Å²) in [6.07, 6.45) is 13.2. The first-order valence-corrected chi connectivity index (χ1v) is 14.4. The third kappa shape index (κ3) is 12.1. The van der Waals surface area contributed by atoms with Crippen LogP contribution in [0.4, 0.5) is 0 Å². The largest absolute Gasteiger partial charge is 0.487 e. The van der Waals surface area contributed by atoms with E-state index < -0.39 is 0 Å². The van der Waals surface area contributed by atoms with Crippen LogP contribution < -0.4 is 9.47 Å². The van der Waals surface area contributed by atoms with E-state index in [2.05, 4.69) is 27.7 Å². The Morgan fingerprint density at radius 1 is 0.816 bits per heavy atom. The summed E-state index contributed by atoms with van der Waals surface area (Å²) in [5, 5.41) is 0. The van der Waals surface area contributed by atoms with Crippen LogP contribution in [0.25, 0.3) is 0 Å². The van der Waals surface area contributed by atoms with Crippen molar-refractivity contribution in [3.8, 4) is 11.5 Å². The fourth-order valence-electron chi connectivity index (χ4n) is 4.47. The summed E-state index contributed by atoms with van der Waals surface area (Å²) < 4.78 is 17.4. The Balaban J connectivity index is 1.98. The van der Waals surface area contributed by atoms with Gasteiger partial charge < -0.3 is 14.2 Å². The number of carbonyl (C=O) groups excluding carboxylic acids is 2. The third-order valence-corrected chi connectivity index (χ3v) is 6.60. The van der Waals surface area contributed by atoms with Crippen molar-refractivity contribution in [1.29, 1.82) is 0 Å². The minimum atomic E-state index is -0.351. The van der Waals surface area contributed by atoms with E-state index in [1.165, 1.54) is 58.3 Å². The first-order valence-electron chi connectivity index (χ1n) is 14.4. The molecule has 2 rings (SSSR count). The highest BCUT2D eigenvalue weighted by Gasteiger charge is 2.22. The van der Waals surface area contributed by atoms with Gasteiger partial charge in [-0.1, -0.05) is 104 Å². The maximum Gasteiger partial charge on any atom is 0.338 e. The molecule has 0 heterocycles. The Kier molecular flexibility index (Phi) is 14.0. The Labute approximate surface area is 230 Å². The van der Waals surface area contributed by atoms with E-state index in [4.69, 9.17) is 14.2 Å². The molecule has 2 aromatic rings. The lowest BCUT2D eigenvalue weighted by atomic mass is 9.86. The molecule has 0 amide bonds. The van der Waals surface area contributed by atoms with Gasteiger partial charge in [-0.25, -0.2) is 4.79 Å². The number of unbranched alkanes of at least 4 members (excludes halogenated alkanes) is 9. The summed E-state index contributed by atoms with van der Waals surface area (Å²) in [5.74, 6) is 0.524. The molecule has 1 unspecified atom stereocenters. The van der Waals surface area contributed by atoms with E-state index in [1.54, 1.807) is 18.2 Å². The van der Waals surface area contributed by atoms with Crippen molar-refractivity contribution in [3.05, 3.63) is 59.7 Å². The number of benzene rings is 2. The van der Waals surface area contributed by atoms with Gasteiger partial charge >= 0.3 is 11.9 Å². The lowest BCUT2D eigenvalue weighted by Crippen LogP contribution is -2.25. The molecule has 5 heteroatoms. The Hall–Kier alpha value is -2.82. The molecule has 0 N–H and O–H groups in total. The van der Waals surface area contributed by atoms with Crippen molar-refractivity contribution in [1.82, 2.24) is 0 Å². The SMILES string of the molecule is CCCCCCCCCCCCC(COC(=O)c1ccccc1)Oc1ccc(OC(C)=O)c(C(C)(C)C)c1. The zero-order valence-corrected chi connectivity index (χ0v) is 24.2. The average molecular weight is 525 g/mol. The van der Waals surface area contributed by atoms with Gasteiger partial charge in [-0.3, -0.25) is 4.79 Å². The fourth-order valence-corrected chi connectivity index (χ4v) is 4.47. The van der Waals surface area contributed by atoms with Gasteiger partial charge in [0.2, 0.25) is 0 Å². The zero-order valence-electron chi connectivity index (χ0n) is 24.2. The van der Waals surface area contributed by atoms with Crippen LogP contribution in [0.5, 0.6) is 11.5 Å². The molecule has 2 aromatic carbocycles. The lowest BCUT2D eigenvalue weighted by Gasteiger charge is -2.25. The lowest BCUT2D eigenvalue weighted by molar-refractivity contribution is -0.131. The van der Waals surface area contributed by atoms with Crippen molar-refractivity contribution < 1.29 is 23.8 Å². The Morgan fingerprint density at radius 2 is 1.42 bits per heavy atom. The highest BCUT2D eigenvalue weighted by Crippen LogP contribution is 2.35. The molecular weight excluding hydrogens is 476 g/mol. The van der Waals surface area contributed by atoms with Crippen LogP contribution >= 0.6 is 0 Å². The van der Waals surface area contributed by atoms with E-state index in [0.29, 0.717) is 17.1 Å². The van der Waals surface area contributed by atoms with Gasteiger partial charge in [0, 0.05) is 12.5 Å². The first-order chi connectivity index (χ1) is 18.2. The van der Waals surface area contributed by atoms with Crippen LogP contribution in [-0.2, 0) is 14.9 Å². The molecule has 0 spiro atoms. The van der Waals surface area contributed by atoms with E-state index in [1.807, 2.05) is 30.3 Å². The molecular formula is C33H48O5. The maximum absolute atomic E-state index is 12.6. The van der Waals surface area contributed by atoms with Crippen molar-refractivity contribution in [2.45, 2.75) is 117 Å². The standard InChI is InChI=1S/C33H48O5/c1-6-7-8-9-10-11-12-13-14-18-21-29(25-36-32(35)27-19-16-15-17-20-27)38-28-22-23-31(37-26(2)34)30(24-28)33(3,4)5/h15-17,19-20,22-24,29H,6-14,18,21,25H2,1-5H3. The topological polar surface area (TPSA) is 61.8 Å². The Bertz CT molecular complexity index is 961. The monoisotopic (exact) mass is 524 g/mol. The summed E-state index contributed by atoms with van der Waals surface area (Å²) in [4.78, 5) is 24.1. The number of carbonyl (C=O) groups is 2. The molecule has 5 nitrogen and oxygen atoms in total. The second-order valence-corrected chi connectivity index (χ2v) is 11.2. The molecule has 0 radical (unpaired) electrons. The van der Waals surface area contributed by atoms with Crippen LogP contribution in [0.3, 0.4) is 0 Å². The molecule has 0 aromatic heterocycles. The van der Waals surface area contributed by atoms with Gasteiger partial charge in [-0.05, 0) is 48.6 Å². The zero-order chi connectivity index (χ0) is 27.8. The van der Waals surface area contributed by atoms with Crippen LogP contribution in [0, 0.1) is 0 Å². The van der Waals surface area contributed by atoms with Crippen LogP contribution in [0.1, 0.15) is 121 Å². The predicted octanol–water partition coefficient (Wildman–Crippen LogP) is 8.82. The number of ether oxygens (including phenoxy) is 3. The van der Waals surface area contributed by atoms with Gasteiger partial charge in [0.05, 0.1) is 5.56 Å². The second kappa shape index (κ2) is 16.9. The van der Waals surface area contributed by atoms with Gasteiger partial charge in [-0.15, -0.1) is 0 Å². The molecule has 0 aliphatic carbocycles. The maximum atomic E-state index is 12.6. The summed E-state index contributed by atoms with van der Waals surface area (Å²) in [5.41, 5.74) is 1.19. The summed E-state index contributed by atoms with van der Waals surface area (Å²) in [6.45, 7) is 10.1. The molecule has 0 aliphatic heterocycles. The number of hydrogen-bond donors (Lipinski definition) is 0. The third-order valence-electron chi connectivity index (χ3n) is 6.60. The summed E-state index contributed by atoms with van der Waals surface area (Å²) in [6, 6.07) is 14.6. The van der Waals surface area contributed by atoms with Crippen molar-refractivity contribution in [2.24, 2.45) is 0 Å². The van der Waals surface area contributed by atoms with E-state index >= 15 is 0 Å². The normalized spacial score (nSPS) is 12.1. The molecule has 38 heavy (non-hydrogen) atoms. The molecule has 0 saturated carbocycles. The second-order valence-electron chi connectivity index (χ2n) is 11.2. The molecule has 1 atom stereocenters. The van der Waals surface area contributed by atoms with Gasteiger partial charge in [-0.2, -0.15) is 0 Å². The van der Waals surface area contributed by atoms with Crippen molar-refractivity contribution >= 4 is 11.9 Å². The highest BCUT2D eigenvalue weighted by atomic mass is 16.6. The number of rotatable bonds is 17. The summed E-state index contributed by atoms with van der Waals surface area (Å²) >= 11 is 0. The molecule has 0 bridgehead atoms. The minimum Gasteiger partial charge on any atom is -0.487 e. The Morgan fingerprint density at radius 3 is 2.00 bits per heavy atom. The molecule has 0 saturated heterocycles. The van der Waals surface area contributed by atoms with Crippen LogP contribution in [0.15, 0.2) is 48.5 Å². The molecule has 0 aliphatic rings. The summed E-state index contributed by atoms with van der Waals surface area (Å²) in [7, 11) is 0. The highest BCUT2D eigenvalue weighted by molar-refractivity contribution is 5.89. The van der Waals surface area contributed by atoms with E-state index in [0.717, 1.165) is 24.8 Å². The fraction of sp³-hybridized carbons (Fsp3) is 0.576. The predicted molar refractivity (Wildman–Crippen MR) is 154 cm³/mol. The average Bonchev–Trinajstić information content (AvgIpc) is 2.88. The van der Waals surface area contributed by atoms with Crippen LogP contribution in [-0.4, -0.2) is 24.6 Å². The van der Waals surface area contributed by atoms with Gasteiger partial charge in [0.15, 0.2) is 0 Å². The smallest absolute Gasteiger partial charge is 0.338 e. The number of hydrogen-bond acceptors (Lipinski definition) is 5. The van der Waals surface area contributed by atoms with Gasteiger partial charge in [0.1, 0.15) is 24.2 Å².